The third-order valence-corrected chi connectivity index (χ3v) is 5.75. The number of carbonyl (C=O) groups is 2. The molecule has 9 heteroatoms. The molecule has 2 heterocycles. The minimum absolute atomic E-state index is 0.184. The first-order chi connectivity index (χ1) is 16.4. The van der Waals surface area contributed by atoms with Gasteiger partial charge in [0.15, 0.2) is 18.7 Å². The Balaban J connectivity index is 1.59. The Morgan fingerprint density at radius 3 is 2.41 bits per heavy atom. The second-order valence-corrected chi connectivity index (χ2v) is 8.32. The summed E-state index contributed by atoms with van der Waals surface area (Å²) in [6, 6.07) is 18.1. The van der Waals surface area contributed by atoms with Crippen LogP contribution in [0.15, 0.2) is 60.7 Å². The van der Waals surface area contributed by atoms with Gasteiger partial charge in [0.05, 0.1) is 13.2 Å². The molecule has 2 aromatic rings. The first-order valence-electron chi connectivity index (χ1n) is 11.2. The molecule has 2 N–H and O–H groups in total. The normalized spacial score (nSPS) is 29.6. The fourth-order valence-corrected chi connectivity index (χ4v) is 4.09. The number of hydrogen-bond acceptors (Lipinski definition) is 7. The summed E-state index contributed by atoms with van der Waals surface area (Å²) in [7, 11) is 0. The highest BCUT2D eigenvalue weighted by molar-refractivity contribution is 5.73. The lowest BCUT2D eigenvalue weighted by molar-refractivity contribution is -0.351. The Hall–Kier alpha value is -2.82. The largest absolute Gasteiger partial charge is 0.479 e. The van der Waals surface area contributed by atoms with Gasteiger partial charge in [0, 0.05) is 12.5 Å². The molecule has 0 saturated carbocycles. The number of benzene rings is 2. The number of amides is 1. The van der Waals surface area contributed by atoms with Gasteiger partial charge in [-0.1, -0.05) is 60.7 Å². The molecule has 34 heavy (non-hydrogen) atoms. The molecule has 2 aliphatic rings. The summed E-state index contributed by atoms with van der Waals surface area (Å²) in [6.07, 6.45) is -4.87. The van der Waals surface area contributed by atoms with Crippen molar-refractivity contribution in [1.29, 1.82) is 0 Å². The van der Waals surface area contributed by atoms with E-state index in [1.165, 1.54) is 13.8 Å². The number of rotatable bonds is 8. The molecule has 1 unspecified atom stereocenters. The van der Waals surface area contributed by atoms with Gasteiger partial charge in [-0.3, -0.25) is 4.79 Å². The highest BCUT2D eigenvalue weighted by Gasteiger charge is 2.52. The number of carboxylic acid groups (broad SMARTS) is 1. The van der Waals surface area contributed by atoms with Crippen LogP contribution in [0.2, 0.25) is 0 Å². The summed E-state index contributed by atoms with van der Waals surface area (Å²) < 4.78 is 30.3. The Bertz CT molecular complexity index is 956. The molecular formula is C25H29NO8. The third-order valence-electron chi connectivity index (χ3n) is 5.75. The Morgan fingerprint density at radius 1 is 1.09 bits per heavy atom. The summed E-state index contributed by atoms with van der Waals surface area (Å²) in [5, 5.41) is 12.3. The van der Waals surface area contributed by atoms with Crippen LogP contribution in [0.3, 0.4) is 0 Å². The van der Waals surface area contributed by atoms with Crippen LogP contribution in [0.1, 0.15) is 31.3 Å². The smallest absolute Gasteiger partial charge is 0.332 e. The maximum absolute atomic E-state index is 12.1. The average Bonchev–Trinajstić information content (AvgIpc) is 2.84. The molecule has 0 aromatic heterocycles. The minimum atomic E-state index is -1.14. The molecule has 1 amide bonds. The van der Waals surface area contributed by atoms with Crippen LogP contribution in [-0.2, 0) is 39.9 Å². The highest BCUT2D eigenvalue weighted by atomic mass is 16.8. The van der Waals surface area contributed by atoms with Crippen molar-refractivity contribution >= 4 is 11.9 Å². The topological polar surface area (TPSA) is 113 Å². The molecular weight excluding hydrogens is 442 g/mol. The fourth-order valence-electron chi connectivity index (χ4n) is 4.09. The molecule has 0 aliphatic carbocycles. The van der Waals surface area contributed by atoms with E-state index in [0.717, 1.165) is 11.1 Å². The molecule has 0 spiro atoms. The Kier molecular flexibility index (Phi) is 7.91. The zero-order chi connectivity index (χ0) is 24.1. The maximum Gasteiger partial charge on any atom is 0.332 e. The molecule has 2 aliphatic heterocycles. The van der Waals surface area contributed by atoms with Gasteiger partial charge in [0.2, 0.25) is 5.91 Å². The zero-order valence-electron chi connectivity index (χ0n) is 19.0. The first-order valence-corrected chi connectivity index (χ1v) is 11.2. The van der Waals surface area contributed by atoms with E-state index in [2.05, 4.69) is 5.32 Å². The van der Waals surface area contributed by atoms with Crippen LogP contribution in [0.25, 0.3) is 0 Å². The molecule has 2 aromatic carbocycles. The van der Waals surface area contributed by atoms with Crippen molar-refractivity contribution in [3.8, 4) is 0 Å². The van der Waals surface area contributed by atoms with Crippen LogP contribution < -0.4 is 5.32 Å². The number of carbonyl (C=O) groups excluding carboxylic acids is 1. The van der Waals surface area contributed by atoms with Crippen molar-refractivity contribution < 1.29 is 38.4 Å². The van der Waals surface area contributed by atoms with Gasteiger partial charge < -0.3 is 34.1 Å². The summed E-state index contributed by atoms with van der Waals surface area (Å²) in [5.74, 6) is -1.46. The molecule has 7 atom stereocenters. The lowest BCUT2D eigenvalue weighted by atomic mass is 9.95. The molecule has 2 fully saturated rings. The summed E-state index contributed by atoms with van der Waals surface area (Å²) >= 11 is 0. The van der Waals surface area contributed by atoms with Crippen LogP contribution in [0, 0.1) is 0 Å². The van der Waals surface area contributed by atoms with Crippen LogP contribution in [0.4, 0.5) is 0 Å². The van der Waals surface area contributed by atoms with E-state index in [4.69, 9.17) is 23.7 Å². The highest BCUT2D eigenvalue weighted by Crippen LogP contribution is 2.36. The van der Waals surface area contributed by atoms with Gasteiger partial charge in [0.1, 0.15) is 24.4 Å². The van der Waals surface area contributed by atoms with Crippen molar-refractivity contribution in [3.63, 3.8) is 0 Å². The van der Waals surface area contributed by atoms with Gasteiger partial charge >= 0.3 is 5.97 Å². The van der Waals surface area contributed by atoms with E-state index in [1.54, 1.807) is 0 Å². The lowest BCUT2D eigenvalue weighted by Crippen LogP contribution is -2.67. The van der Waals surface area contributed by atoms with Crippen molar-refractivity contribution in [2.24, 2.45) is 0 Å². The number of carboxylic acids is 1. The number of fused-ring (bicyclic) bond motifs is 1. The van der Waals surface area contributed by atoms with Crippen molar-refractivity contribution in [2.75, 3.05) is 6.61 Å². The zero-order valence-corrected chi connectivity index (χ0v) is 19.0. The average molecular weight is 472 g/mol. The van der Waals surface area contributed by atoms with E-state index in [9.17, 15) is 14.7 Å². The lowest BCUT2D eigenvalue weighted by Gasteiger charge is -2.49. The summed E-state index contributed by atoms with van der Waals surface area (Å²) in [4.78, 5) is 23.7. The number of hydrogen-bond donors (Lipinski definition) is 2. The Morgan fingerprint density at radius 2 is 1.76 bits per heavy atom. The summed E-state index contributed by atoms with van der Waals surface area (Å²) in [6.45, 7) is 3.22. The molecule has 9 nitrogen and oxygen atoms in total. The molecule has 182 valence electrons. The molecule has 4 rings (SSSR count). The van der Waals surface area contributed by atoms with Crippen molar-refractivity contribution in [1.82, 2.24) is 5.32 Å². The molecule has 2 saturated heterocycles. The van der Waals surface area contributed by atoms with E-state index >= 15 is 0 Å². The standard InChI is InChI=1S/C25H29NO8/c1-15(23(28)29)32-22-20(26-16(2)27)25(30-13-17-9-5-3-6-10-17)33-19-14-31-24(34-21(19)22)18-11-7-4-8-12-18/h3-12,15,19-22,24-25H,13-14H2,1-2H3,(H,26,27)(H,28,29)/t15-,19-,20-,21-,22-,24?,25+/m1/s1. The molecule has 0 radical (unpaired) electrons. The second-order valence-electron chi connectivity index (χ2n) is 8.32. The number of aliphatic carboxylic acids is 1. The van der Waals surface area contributed by atoms with Gasteiger partial charge in [0.25, 0.3) is 0 Å². The van der Waals surface area contributed by atoms with E-state index in [-0.39, 0.29) is 19.1 Å². The Labute approximate surface area is 197 Å². The number of ether oxygens (including phenoxy) is 5. The van der Waals surface area contributed by atoms with Gasteiger partial charge in [-0.2, -0.15) is 0 Å². The van der Waals surface area contributed by atoms with E-state index in [1.807, 2.05) is 60.7 Å². The van der Waals surface area contributed by atoms with E-state index < -0.39 is 49.0 Å². The SMILES string of the molecule is CC(=O)N[C@H]1[C@@H](OCc2ccccc2)O[C@@H]2COC(c3ccccc3)O[C@H]2[C@@H]1O[C@H](C)C(=O)O. The number of nitrogens with one attached hydrogen (secondary N) is 1. The molecule has 0 bridgehead atoms. The second kappa shape index (κ2) is 11.1. The fraction of sp³-hybridized carbons (Fsp3) is 0.440. The van der Waals surface area contributed by atoms with Gasteiger partial charge in [-0.25, -0.2) is 4.79 Å². The van der Waals surface area contributed by atoms with Crippen LogP contribution in [-0.4, -0.2) is 60.3 Å². The van der Waals surface area contributed by atoms with Crippen molar-refractivity contribution in [2.45, 2.75) is 63.5 Å². The third kappa shape index (κ3) is 5.81. The van der Waals surface area contributed by atoms with Crippen molar-refractivity contribution in [3.05, 3.63) is 71.8 Å². The minimum Gasteiger partial charge on any atom is -0.479 e. The van der Waals surface area contributed by atoms with Gasteiger partial charge in [-0.05, 0) is 12.5 Å². The predicted octanol–water partition coefficient (Wildman–Crippen LogP) is 2.41. The summed E-state index contributed by atoms with van der Waals surface area (Å²) in [5.41, 5.74) is 1.73. The van der Waals surface area contributed by atoms with Gasteiger partial charge in [-0.15, -0.1) is 0 Å². The van der Waals surface area contributed by atoms with E-state index in [0.29, 0.717) is 0 Å². The predicted molar refractivity (Wildman–Crippen MR) is 119 cm³/mol. The maximum atomic E-state index is 12.1. The monoisotopic (exact) mass is 471 g/mol. The first kappa shape index (κ1) is 24.3. The van der Waals surface area contributed by atoms with Crippen LogP contribution >= 0.6 is 0 Å². The quantitative estimate of drug-likeness (QED) is 0.604. The van der Waals surface area contributed by atoms with Crippen LogP contribution in [0.5, 0.6) is 0 Å².